The highest BCUT2D eigenvalue weighted by Crippen LogP contribution is 2.24. The number of methoxy groups -OCH3 is 1. The fourth-order valence-corrected chi connectivity index (χ4v) is 2.89. The topological polar surface area (TPSA) is 159 Å². The number of guanidine groups is 1. The van der Waals surface area contributed by atoms with E-state index in [9.17, 15) is 14.4 Å². The van der Waals surface area contributed by atoms with E-state index in [-0.39, 0.29) is 24.5 Å². The number of nitrogens with one attached hydrogen (secondary N) is 1. The molecule has 0 saturated heterocycles. The fraction of sp³-hybridized carbons (Fsp3) is 0.273. The molecule has 2 aromatic rings. The first kappa shape index (κ1) is 25.0. The summed E-state index contributed by atoms with van der Waals surface area (Å²) in [7, 11) is 1.48. The molecule has 0 spiro atoms. The van der Waals surface area contributed by atoms with E-state index in [0.29, 0.717) is 17.0 Å². The molecule has 2 amide bonds. The van der Waals surface area contributed by atoms with Crippen LogP contribution >= 0.6 is 0 Å². The Labute approximate surface area is 191 Å². The Balaban J connectivity index is 2.41. The van der Waals surface area contributed by atoms with E-state index in [2.05, 4.69) is 10.4 Å². The third-order valence-electron chi connectivity index (χ3n) is 4.21. The Morgan fingerprint density at radius 3 is 2.52 bits per heavy atom. The molecular formula is C22H27N5O6. The Morgan fingerprint density at radius 2 is 1.88 bits per heavy atom. The maximum Gasteiger partial charge on any atom is 0.429 e. The van der Waals surface area contributed by atoms with E-state index in [1.165, 1.54) is 19.2 Å². The van der Waals surface area contributed by atoms with Gasteiger partial charge in [-0.1, -0.05) is 24.3 Å². The number of carbonyl (C=O) groups excluding carboxylic acids is 3. The van der Waals surface area contributed by atoms with Gasteiger partial charge in [0, 0.05) is 12.5 Å². The molecule has 33 heavy (non-hydrogen) atoms. The summed E-state index contributed by atoms with van der Waals surface area (Å²) in [6.45, 7) is 3.28. The van der Waals surface area contributed by atoms with Gasteiger partial charge in [0.15, 0.2) is 12.0 Å². The number of rotatable bonds is 10. The number of aliphatic imine (C=N–C) groups is 1. The predicted molar refractivity (Wildman–Crippen MR) is 121 cm³/mol. The molecule has 0 radical (unpaired) electrons. The quantitative estimate of drug-likeness (QED) is 0.121. The van der Waals surface area contributed by atoms with Crippen LogP contribution in [0.1, 0.15) is 19.4 Å². The molecule has 1 atom stereocenters. The molecule has 11 nitrogen and oxygen atoms in total. The Morgan fingerprint density at radius 1 is 1.15 bits per heavy atom. The second-order valence-electron chi connectivity index (χ2n) is 7.04. The van der Waals surface area contributed by atoms with Crippen LogP contribution in [0.15, 0.2) is 53.5 Å². The van der Waals surface area contributed by atoms with Crippen LogP contribution in [0.2, 0.25) is 0 Å². The number of nitrogens with zero attached hydrogens (tertiary/aromatic N) is 2. The first-order valence-corrected chi connectivity index (χ1v) is 9.98. The molecule has 0 aromatic heterocycles. The monoisotopic (exact) mass is 457 g/mol. The van der Waals surface area contributed by atoms with Gasteiger partial charge in [-0.15, -0.1) is 0 Å². The van der Waals surface area contributed by atoms with Crippen molar-refractivity contribution in [2.24, 2.45) is 16.5 Å². The zero-order valence-corrected chi connectivity index (χ0v) is 18.6. The van der Waals surface area contributed by atoms with Gasteiger partial charge >= 0.3 is 12.1 Å². The maximum atomic E-state index is 13.2. The lowest BCUT2D eigenvalue weighted by atomic mass is 10.0. The van der Waals surface area contributed by atoms with Crippen molar-refractivity contribution in [1.29, 1.82) is 0 Å². The summed E-state index contributed by atoms with van der Waals surface area (Å²) in [5.74, 6) is -0.368. The Kier molecular flexibility index (Phi) is 9.04. The molecule has 0 heterocycles. The minimum atomic E-state index is -1.29. The fourth-order valence-electron chi connectivity index (χ4n) is 2.89. The number of esters is 1. The van der Waals surface area contributed by atoms with Crippen molar-refractivity contribution < 1.29 is 28.6 Å². The van der Waals surface area contributed by atoms with Crippen LogP contribution in [-0.2, 0) is 20.7 Å². The number of amides is 2. The third kappa shape index (κ3) is 7.42. The number of hydrogen-bond acceptors (Lipinski definition) is 7. The first-order chi connectivity index (χ1) is 15.7. The van der Waals surface area contributed by atoms with Crippen molar-refractivity contribution >= 4 is 30.1 Å². The number of hydrogen-bond donors (Lipinski definition) is 3. The molecule has 11 heteroatoms. The second-order valence-corrected chi connectivity index (χ2v) is 7.04. The van der Waals surface area contributed by atoms with Crippen LogP contribution in [0.5, 0.6) is 11.5 Å². The number of carbonyl (C=O) groups is 3. The van der Waals surface area contributed by atoms with E-state index >= 15 is 0 Å². The Bertz CT molecular complexity index is 1010. The average molecular weight is 457 g/mol. The second kappa shape index (κ2) is 11.9. The van der Waals surface area contributed by atoms with Gasteiger partial charge in [0.1, 0.15) is 11.5 Å². The van der Waals surface area contributed by atoms with E-state index in [1.54, 1.807) is 50.2 Å². The van der Waals surface area contributed by atoms with Crippen molar-refractivity contribution in [3.8, 4) is 11.5 Å². The van der Waals surface area contributed by atoms with E-state index in [1.807, 2.05) is 0 Å². The number of para-hydroxylation sites is 1. The van der Waals surface area contributed by atoms with E-state index in [0.717, 1.165) is 5.01 Å². The highest BCUT2D eigenvalue weighted by atomic mass is 16.6. The highest BCUT2D eigenvalue weighted by Gasteiger charge is 2.34. The van der Waals surface area contributed by atoms with Gasteiger partial charge in [-0.3, -0.25) is 10.2 Å². The van der Waals surface area contributed by atoms with Crippen LogP contribution in [0, 0.1) is 0 Å². The van der Waals surface area contributed by atoms with Gasteiger partial charge in [-0.05, 0) is 37.6 Å². The summed E-state index contributed by atoms with van der Waals surface area (Å²) < 4.78 is 16.0. The molecule has 0 bridgehead atoms. The zero-order valence-electron chi connectivity index (χ0n) is 18.6. The van der Waals surface area contributed by atoms with E-state index in [4.69, 9.17) is 25.7 Å². The molecule has 2 aromatic carbocycles. The van der Waals surface area contributed by atoms with Crippen LogP contribution in [0.3, 0.4) is 0 Å². The number of nitrogens with two attached hydrogens (primary N) is 2. The molecule has 0 aliphatic carbocycles. The average Bonchev–Trinajstić information content (AvgIpc) is 2.75. The molecule has 0 aliphatic heterocycles. The lowest BCUT2D eigenvalue weighted by Crippen LogP contribution is -2.55. The van der Waals surface area contributed by atoms with Crippen molar-refractivity contribution in [2.75, 3.05) is 7.11 Å². The molecule has 176 valence electrons. The zero-order chi connectivity index (χ0) is 24.4. The Hall–Kier alpha value is -4.28. The van der Waals surface area contributed by atoms with Gasteiger partial charge < -0.3 is 25.7 Å². The lowest BCUT2D eigenvalue weighted by molar-refractivity contribution is -0.141. The van der Waals surface area contributed by atoms with Gasteiger partial charge in [0.05, 0.1) is 18.9 Å². The summed E-state index contributed by atoms with van der Waals surface area (Å²) in [5.41, 5.74) is 14.0. The standard InChI is InChI=1S/C22H27N5O6/c1-14(2)32-22(30)27(25-13-28)18(11-15-7-4-5-10-19(15)31-3)20(29)33-17-9-6-8-16(12-17)26-21(23)24/h4-10,12-14,18H,11H2,1-3H3,(H,25,28)(H4,23,24,26)/t18-/m0/s1. The highest BCUT2D eigenvalue weighted by molar-refractivity contribution is 5.84. The van der Waals surface area contributed by atoms with Crippen molar-refractivity contribution in [1.82, 2.24) is 10.4 Å². The normalized spacial score (nSPS) is 11.2. The van der Waals surface area contributed by atoms with E-state index < -0.39 is 24.2 Å². The van der Waals surface area contributed by atoms with Gasteiger partial charge in [-0.25, -0.2) is 19.6 Å². The first-order valence-electron chi connectivity index (χ1n) is 9.98. The maximum absolute atomic E-state index is 13.2. The molecule has 2 rings (SSSR count). The molecule has 5 N–H and O–H groups in total. The van der Waals surface area contributed by atoms with Crippen LogP contribution < -0.4 is 26.4 Å². The lowest BCUT2D eigenvalue weighted by Gasteiger charge is -2.29. The van der Waals surface area contributed by atoms with Gasteiger partial charge in [-0.2, -0.15) is 0 Å². The summed E-state index contributed by atoms with van der Waals surface area (Å²) in [4.78, 5) is 41.0. The van der Waals surface area contributed by atoms with Crippen molar-refractivity contribution in [3.05, 3.63) is 54.1 Å². The van der Waals surface area contributed by atoms with Crippen LogP contribution in [-0.4, -0.2) is 48.7 Å². The summed E-state index contributed by atoms with van der Waals surface area (Å²) in [6, 6.07) is 11.8. The largest absolute Gasteiger partial charge is 0.496 e. The molecular weight excluding hydrogens is 430 g/mol. The number of ether oxygens (including phenoxy) is 3. The SMILES string of the molecule is COc1ccccc1C[C@@H](C(=O)Oc1cccc(N=C(N)N)c1)N(NC=O)C(=O)OC(C)C. The van der Waals surface area contributed by atoms with Crippen molar-refractivity contribution in [3.63, 3.8) is 0 Å². The molecule has 0 saturated carbocycles. The van der Waals surface area contributed by atoms with Crippen molar-refractivity contribution in [2.45, 2.75) is 32.4 Å². The van der Waals surface area contributed by atoms with Gasteiger partial charge in [0.2, 0.25) is 6.41 Å². The van der Waals surface area contributed by atoms with Gasteiger partial charge in [0.25, 0.3) is 0 Å². The molecule has 0 unspecified atom stereocenters. The minimum Gasteiger partial charge on any atom is -0.496 e. The predicted octanol–water partition coefficient (Wildman–Crippen LogP) is 1.62. The summed E-state index contributed by atoms with van der Waals surface area (Å²) in [5, 5.41) is 0.779. The van der Waals surface area contributed by atoms with Crippen LogP contribution in [0.25, 0.3) is 0 Å². The minimum absolute atomic E-state index is 0.0372. The smallest absolute Gasteiger partial charge is 0.429 e. The number of benzene rings is 2. The molecule has 0 aliphatic rings. The third-order valence-corrected chi connectivity index (χ3v) is 4.21. The molecule has 0 fully saturated rings. The summed E-state index contributed by atoms with van der Waals surface area (Å²) in [6.07, 6.45) is -1.19. The van der Waals surface area contributed by atoms with Crippen LogP contribution in [0.4, 0.5) is 10.5 Å². The summed E-state index contributed by atoms with van der Waals surface area (Å²) >= 11 is 0. The number of hydrazine groups is 1.